The topological polar surface area (TPSA) is 85.0 Å². The minimum atomic E-state index is -0.596. The van der Waals surface area contributed by atoms with E-state index in [-0.39, 0.29) is 23.4 Å². The van der Waals surface area contributed by atoms with Crippen LogP contribution in [-0.4, -0.2) is 34.6 Å². The van der Waals surface area contributed by atoms with E-state index in [1.54, 1.807) is 30.2 Å². The maximum atomic E-state index is 13.2. The third-order valence-electron chi connectivity index (χ3n) is 5.50. The van der Waals surface area contributed by atoms with Crippen LogP contribution in [0.15, 0.2) is 83.6 Å². The van der Waals surface area contributed by atoms with E-state index in [1.165, 1.54) is 12.3 Å². The molecule has 0 aliphatic carbocycles. The van der Waals surface area contributed by atoms with Gasteiger partial charge in [-0.1, -0.05) is 49.4 Å². The first-order valence-corrected chi connectivity index (χ1v) is 9.63. The number of ketones is 1. The Kier molecular flexibility index (Phi) is 5.18. The number of methoxy groups -OCH3 is 1. The van der Waals surface area contributed by atoms with E-state index >= 15 is 0 Å². The summed E-state index contributed by atoms with van der Waals surface area (Å²) in [7, 11) is 1.60. The molecule has 0 amide bonds. The lowest BCUT2D eigenvalue weighted by molar-refractivity contribution is -0.420. The molecule has 0 bridgehead atoms. The first kappa shape index (κ1) is 19.6. The Labute approximate surface area is 174 Å². The highest BCUT2D eigenvalue weighted by Crippen LogP contribution is 2.39. The molecule has 2 aromatic carbocycles. The first-order chi connectivity index (χ1) is 14.5. The summed E-state index contributed by atoms with van der Waals surface area (Å²) in [5.41, 5.74) is 1.50. The number of nitro groups is 1. The highest BCUT2D eigenvalue weighted by atomic mass is 16.6. The molecule has 152 valence electrons. The van der Waals surface area contributed by atoms with E-state index in [1.807, 2.05) is 49.4 Å². The van der Waals surface area contributed by atoms with Gasteiger partial charge in [-0.2, -0.15) is 0 Å². The molecule has 2 aromatic rings. The number of Topliss-reactive ketones (excluding diaryl/α,β-unsaturated/α-hetero) is 1. The van der Waals surface area contributed by atoms with Crippen LogP contribution in [0.5, 0.6) is 5.75 Å². The third kappa shape index (κ3) is 3.50. The smallest absolute Gasteiger partial charge is 0.285 e. The summed E-state index contributed by atoms with van der Waals surface area (Å²) in [6.45, 7) is 1.96. The van der Waals surface area contributed by atoms with Crippen molar-refractivity contribution >= 4 is 11.6 Å². The molecule has 7 nitrogen and oxygen atoms in total. The predicted molar refractivity (Wildman–Crippen MR) is 113 cm³/mol. The molecule has 7 heteroatoms. The summed E-state index contributed by atoms with van der Waals surface area (Å²) in [5, 5.41) is 11.3. The third-order valence-corrected chi connectivity index (χ3v) is 5.50. The normalized spacial score (nSPS) is 22.6. The molecule has 0 radical (unpaired) electrons. The van der Waals surface area contributed by atoms with Gasteiger partial charge in [0.05, 0.1) is 24.3 Å². The molecule has 0 saturated carbocycles. The van der Waals surface area contributed by atoms with E-state index in [2.05, 4.69) is 4.99 Å². The van der Waals surface area contributed by atoms with E-state index in [0.29, 0.717) is 17.1 Å². The number of fused-ring (bicyclic) bond motifs is 1. The molecule has 0 spiro atoms. The lowest BCUT2D eigenvalue weighted by Crippen LogP contribution is -2.46. The zero-order valence-electron chi connectivity index (χ0n) is 16.6. The molecule has 0 N–H and O–H groups in total. The van der Waals surface area contributed by atoms with Crippen LogP contribution in [0.1, 0.15) is 28.9 Å². The van der Waals surface area contributed by atoms with Gasteiger partial charge in [0.2, 0.25) is 0 Å². The van der Waals surface area contributed by atoms with Gasteiger partial charge in [-0.05, 0) is 23.8 Å². The van der Waals surface area contributed by atoms with Crippen LogP contribution in [0.3, 0.4) is 0 Å². The van der Waals surface area contributed by atoms with Gasteiger partial charge in [-0.25, -0.2) is 0 Å². The van der Waals surface area contributed by atoms with Gasteiger partial charge in [-0.15, -0.1) is 0 Å². The van der Waals surface area contributed by atoms with Gasteiger partial charge in [0.15, 0.2) is 5.78 Å². The number of hydrogen-bond donors (Lipinski definition) is 0. The van der Waals surface area contributed by atoms with E-state index in [9.17, 15) is 14.9 Å². The number of amidine groups is 1. The van der Waals surface area contributed by atoms with Crippen molar-refractivity contribution in [2.75, 3.05) is 7.11 Å². The van der Waals surface area contributed by atoms with E-state index in [0.717, 1.165) is 5.56 Å². The number of ether oxygens (including phenoxy) is 1. The summed E-state index contributed by atoms with van der Waals surface area (Å²) in [6, 6.07) is 15.7. The maximum absolute atomic E-state index is 13.2. The Balaban J connectivity index is 1.79. The Morgan fingerprint density at radius 3 is 2.43 bits per heavy atom. The zero-order valence-corrected chi connectivity index (χ0v) is 16.6. The van der Waals surface area contributed by atoms with Crippen molar-refractivity contribution in [3.63, 3.8) is 0 Å². The van der Waals surface area contributed by atoms with Crippen LogP contribution in [0, 0.1) is 16.0 Å². The second-order valence-electron chi connectivity index (χ2n) is 7.29. The monoisotopic (exact) mass is 403 g/mol. The van der Waals surface area contributed by atoms with Gasteiger partial charge in [-0.3, -0.25) is 19.9 Å². The fraction of sp³-hybridized carbons (Fsp3) is 0.217. The molecule has 0 aromatic heterocycles. The Morgan fingerprint density at radius 1 is 1.10 bits per heavy atom. The summed E-state index contributed by atoms with van der Waals surface area (Å²) >= 11 is 0. The van der Waals surface area contributed by atoms with E-state index in [4.69, 9.17) is 4.74 Å². The van der Waals surface area contributed by atoms with Crippen LogP contribution in [0.25, 0.3) is 0 Å². The Morgan fingerprint density at radius 2 is 1.80 bits per heavy atom. The molecule has 3 unspecified atom stereocenters. The highest BCUT2D eigenvalue weighted by molar-refractivity contribution is 6.04. The van der Waals surface area contributed by atoms with Gasteiger partial charge in [0.1, 0.15) is 17.6 Å². The van der Waals surface area contributed by atoms with Crippen LogP contribution >= 0.6 is 0 Å². The lowest BCUT2D eigenvalue weighted by Gasteiger charge is -2.42. The fourth-order valence-electron chi connectivity index (χ4n) is 3.96. The molecule has 2 aliphatic heterocycles. The number of rotatable bonds is 5. The number of allylic oxidation sites excluding steroid dienone is 1. The summed E-state index contributed by atoms with van der Waals surface area (Å²) in [5.74, 6) is 0.971. The molecule has 30 heavy (non-hydrogen) atoms. The number of carbonyl (C=O) groups excluding carboxylic acids is 1. The van der Waals surface area contributed by atoms with Gasteiger partial charge < -0.3 is 9.64 Å². The van der Waals surface area contributed by atoms with Gasteiger partial charge >= 0.3 is 0 Å². The molecular formula is C23H21N3O4. The Hall–Kier alpha value is -3.74. The van der Waals surface area contributed by atoms with Crippen LogP contribution in [0.4, 0.5) is 0 Å². The summed E-state index contributed by atoms with van der Waals surface area (Å²) in [6.07, 6.45) is 4.51. The first-order valence-electron chi connectivity index (χ1n) is 9.63. The van der Waals surface area contributed by atoms with Crippen molar-refractivity contribution in [1.29, 1.82) is 0 Å². The summed E-state index contributed by atoms with van der Waals surface area (Å²) in [4.78, 5) is 30.6. The van der Waals surface area contributed by atoms with Crippen molar-refractivity contribution < 1.29 is 14.5 Å². The highest BCUT2D eigenvalue weighted by Gasteiger charge is 2.41. The number of hydrogen-bond acceptors (Lipinski definition) is 6. The SMILES string of the molecule is COc1ccc(C2C(C)C(C(=O)c3ccccc3)N=C3C=CC([N+](=O)[O-])=CN32)cc1. The quantitative estimate of drug-likeness (QED) is 0.428. The van der Waals surface area contributed by atoms with Crippen molar-refractivity contribution in [2.24, 2.45) is 10.9 Å². The molecular weight excluding hydrogens is 382 g/mol. The zero-order chi connectivity index (χ0) is 21.3. The van der Waals surface area contributed by atoms with E-state index < -0.39 is 11.0 Å². The minimum Gasteiger partial charge on any atom is -0.497 e. The number of carbonyl (C=O) groups is 1. The molecule has 0 fully saturated rings. The second kappa shape index (κ2) is 7.94. The van der Waals surface area contributed by atoms with Gasteiger partial charge in [0.25, 0.3) is 5.70 Å². The van der Waals surface area contributed by atoms with Gasteiger partial charge in [0, 0.05) is 17.6 Å². The van der Waals surface area contributed by atoms with Crippen molar-refractivity contribution in [3.8, 4) is 5.75 Å². The van der Waals surface area contributed by atoms with Crippen LogP contribution in [-0.2, 0) is 0 Å². The van der Waals surface area contributed by atoms with Crippen LogP contribution in [0.2, 0.25) is 0 Å². The Bertz CT molecular complexity index is 1060. The second-order valence-corrected chi connectivity index (χ2v) is 7.29. The lowest BCUT2D eigenvalue weighted by atomic mass is 9.82. The molecule has 0 saturated heterocycles. The predicted octanol–water partition coefficient (Wildman–Crippen LogP) is 4.03. The average molecular weight is 403 g/mol. The van der Waals surface area contributed by atoms with Crippen LogP contribution < -0.4 is 4.74 Å². The maximum Gasteiger partial charge on any atom is 0.285 e. The largest absolute Gasteiger partial charge is 0.497 e. The van der Waals surface area contributed by atoms with Crippen molar-refractivity contribution in [1.82, 2.24) is 4.90 Å². The standard InChI is InChI=1S/C23H21N3O4/c1-15-21(23(27)17-6-4-3-5-7-17)24-20-13-10-18(26(28)29)14-25(20)22(15)16-8-11-19(30-2)12-9-16/h3-15,21-22H,1-2H3. The number of aliphatic imine (C=N–C) groups is 1. The van der Waals surface area contributed by atoms with Crippen molar-refractivity contribution in [2.45, 2.75) is 19.0 Å². The molecule has 4 rings (SSSR count). The summed E-state index contributed by atoms with van der Waals surface area (Å²) < 4.78 is 5.25. The molecule has 2 aliphatic rings. The fourth-order valence-corrected chi connectivity index (χ4v) is 3.96. The average Bonchev–Trinajstić information content (AvgIpc) is 2.78. The minimum absolute atomic E-state index is 0.0208. The molecule has 3 atom stereocenters. The van der Waals surface area contributed by atoms with Crippen molar-refractivity contribution in [3.05, 3.63) is 99.9 Å². The number of nitrogens with zero attached hydrogens (tertiary/aromatic N) is 3. The molecule has 2 heterocycles. The number of benzene rings is 2.